The molecule has 2 aliphatic heterocycles. The van der Waals surface area contributed by atoms with E-state index in [0.29, 0.717) is 24.0 Å². The molecular weight excluding hydrogens is 354 g/mol. The predicted molar refractivity (Wildman–Crippen MR) is 98.4 cm³/mol. The van der Waals surface area contributed by atoms with Gasteiger partial charge in [0.1, 0.15) is 6.10 Å². The lowest BCUT2D eigenvalue weighted by molar-refractivity contribution is 0.0212. The largest absolute Gasteiger partial charge is 0.376 e. The Hall–Kier alpha value is -2.10. The lowest BCUT2D eigenvalue weighted by Crippen LogP contribution is -2.38. The van der Waals surface area contributed by atoms with Crippen molar-refractivity contribution in [3.8, 4) is 0 Å². The second-order valence-electron chi connectivity index (χ2n) is 6.27. The SMILES string of the molecule is O=c1[nH]nc(SC[C@@H]2CN=C(c3ccccc3)NO2)n1C[C@H]1CCCO1. The van der Waals surface area contributed by atoms with E-state index in [1.807, 2.05) is 30.3 Å². The monoisotopic (exact) mass is 375 g/mol. The third-order valence-corrected chi connectivity index (χ3v) is 5.46. The maximum Gasteiger partial charge on any atom is 0.344 e. The summed E-state index contributed by atoms with van der Waals surface area (Å²) in [5.74, 6) is 1.39. The van der Waals surface area contributed by atoms with Crippen LogP contribution in [0.15, 0.2) is 45.3 Å². The molecule has 2 aliphatic rings. The molecule has 0 bridgehead atoms. The van der Waals surface area contributed by atoms with Gasteiger partial charge in [-0.05, 0) is 12.8 Å². The first-order valence-electron chi connectivity index (χ1n) is 8.71. The molecule has 0 unspecified atom stereocenters. The molecule has 2 N–H and O–H groups in total. The standard InChI is InChI=1S/C17H21N5O3S/c23-16-19-20-17(22(16)10-13-7-4-8-24-13)26-11-14-9-18-15(21-25-14)12-5-2-1-3-6-12/h1-3,5-6,13-14H,4,7-11H2,(H,18,21)(H,19,23)/t13-,14+/m1/s1. The fraction of sp³-hybridized carbons (Fsp3) is 0.471. The van der Waals surface area contributed by atoms with Crippen molar-refractivity contribution >= 4 is 17.6 Å². The number of thioether (sulfide) groups is 1. The minimum atomic E-state index is -0.199. The van der Waals surface area contributed by atoms with E-state index >= 15 is 0 Å². The number of benzene rings is 1. The Bertz CT molecular complexity index is 813. The number of nitrogens with one attached hydrogen (secondary N) is 2. The minimum absolute atomic E-state index is 0.0876. The third-order valence-electron chi connectivity index (χ3n) is 4.35. The summed E-state index contributed by atoms with van der Waals surface area (Å²) >= 11 is 1.49. The summed E-state index contributed by atoms with van der Waals surface area (Å²) in [7, 11) is 0. The lowest BCUT2D eigenvalue weighted by atomic mass is 10.2. The van der Waals surface area contributed by atoms with Gasteiger partial charge in [0, 0.05) is 17.9 Å². The maximum atomic E-state index is 12.0. The topological polar surface area (TPSA) is 93.5 Å². The summed E-state index contributed by atoms with van der Waals surface area (Å²) < 4.78 is 7.27. The van der Waals surface area contributed by atoms with E-state index in [1.165, 1.54) is 11.8 Å². The first kappa shape index (κ1) is 17.3. The predicted octanol–water partition coefficient (Wildman–Crippen LogP) is 1.19. The number of hydrogen-bond donors (Lipinski definition) is 2. The number of ether oxygens (including phenoxy) is 1. The molecule has 0 aliphatic carbocycles. The van der Waals surface area contributed by atoms with Gasteiger partial charge in [-0.15, -0.1) is 5.10 Å². The molecule has 0 radical (unpaired) electrons. The van der Waals surface area contributed by atoms with Gasteiger partial charge in [-0.1, -0.05) is 42.1 Å². The van der Waals surface area contributed by atoms with E-state index in [1.54, 1.807) is 4.57 Å². The highest BCUT2D eigenvalue weighted by atomic mass is 32.2. The summed E-state index contributed by atoms with van der Waals surface area (Å²) in [6, 6.07) is 9.86. The number of aliphatic imine (C=N–C) groups is 1. The van der Waals surface area contributed by atoms with Crippen LogP contribution in [-0.4, -0.2) is 51.7 Å². The molecule has 3 heterocycles. The molecule has 138 valence electrons. The molecule has 0 spiro atoms. The fourth-order valence-electron chi connectivity index (χ4n) is 2.97. The van der Waals surface area contributed by atoms with E-state index in [4.69, 9.17) is 9.57 Å². The van der Waals surface area contributed by atoms with Crippen molar-refractivity contribution in [2.45, 2.75) is 36.8 Å². The Morgan fingerprint density at radius 1 is 1.27 bits per heavy atom. The van der Waals surface area contributed by atoms with E-state index < -0.39 is 0 Å². The van der Waals surface area contributed by atoms with Gasteiger partial charge in [-0.3, -0.25) is 14.4 Å². The Labute approximate surface area is 154 Å². The van der Waals surface area contributed by atoms with Crippen LogP contribution < -0.4 is 11.2 Å². The summed E-state index contributed by atoms with van der Waals surface area (Å²) in [4.78, 5) is 22.2. The molecule has 1 fully saturated rings. The second kappa shape index (κ2) is 8.07. The van der Waals surface area contributed by atoms with Crippen molar-refractivity contribution < 1.29 is 9.57 Å². The number of nitrogens with zero attached hydrogens (tertiary/aromatic N) is 3. The van der Waals surface area contributed by atoms with E-state index in [0.717, 1.165) is 30.8 Å². The molecule has 1 saturated heterocycles. The third kappa shape index (κ3) is 4.00. The van der Waals surface area contributed by atoms with Gasteiger partial charge in [0.05, 0.1) is 19.2 Å². The molecule has 0 amide bonds. The van der Waals surface area contributed by atoms with Crippen LogP contribution >= 0.6 is 11.8 Å². The molecule has 1 aromatic carbocycles. The zero-order chi connectivity index (χ0) is 17.8. The van der Waals surface area contributed by atoms with Crippen molar-refractivity contribution in [1.82, 2.24) is 20.2 Å². The second-order valence-corrected chi connectivity index (χ2v) is 7.25. The zero-order valence-corrected chi connectivity index (χ0v) is 15.1. The normalized spacial score (nSPS) is 22.8. The Kier molecular flexibility index (Phi) is 5.37. The lowest BCUT2D eigenvalue weighted by Gasteiger charge is -2.22. The molecule has 4 rings (SSSR count). The first-order chi connectivity index (χ1) is 12.8. The molecule has 2 atom stereocenters. The van der Waals surface area contributed by atoms with Crippen LogP contribution in [0.4, 0.5) is 0 Å². The zero-order valence-electron chi connectivity index (χ0n) is 14.3. The van der Waals surface area contributed by atoms with Gasteiger partial charge in [0.25, 0.3) is 0 Å². The quantitative estimate of drug-likeness (QED) is 0.737. The van der Waals surface area contributed by atoms with Gasteiger partial charge in [0.2, 0.25) is 0 Å². The van der Waals surface area contributed by atoms with Gasteiger partial charge >= 0.3 is 5.69 Å². The maximum absolute atomic E-state index is 12.0. The molecule has 8 nitrogen and oxygen atoms in total. The van der Waals surface area contributed by atoms with Crippen LogP contribution in [0, 0.1) is 0 Å². The summed E-state index contributed by atoms with van der Waals surface area (Å²) in [5, 5.41) is 7.31. The van der Waals surface area contributed by atoms with Crippen LogP contribution in [0.2, 0.25) is 0 Å². The van der Waals surface area contributed by atoms with Crippen LogP contribution in [0.3, 0.4) is 0 Å². The van der Waals surface area contributed by atoms with Crippen LogP contribution in [-0.2, 0) is 16.1 Å². The summed E-state index contributed by atoms with van der Waals surface area (Å²) in [6.45, 7) is 1.87. The van der Waals surface area contributed by atoms with Crippen molar-refractivity contribution in [1.29, 1.82) is 0 Å². The van der Waals surface area contributed by atoms with Crippen molar-refractivity contribution in [2.24, 2.45) is 4.99 Å². The highest BCUT2D eigenvalue weighted by Gasteiger charge is 2.22. The Balaban J connectivity index is 1.34. The first-order valence-corrected chi connectivity index (χ1v) is 9.69. The van der Waals surface area contributed by atoms with Gasteiger partial charge in [-0.25, -0.2) is 15.4 Å². The fourth-order valence-corrected chi connectivity index (χ4v) is 3.90. The smallest absolute Gasteiger partial charge is 0.344 e. The Morgan fingerprint density at radius 2 is 2.15 bits per heavy atom. The van der Waals surface area contributed by atoms with E-state index in [9.17, 15) is 4.79 Å². The van der Waals surface area contributed by atoms with E-state index in [-0.39, 0.29) is 17.9 Å². The highest BCUT2D eigenvalue weighted by Crippen LogP contribution is 2.20. The van der Waals surface area contributed by atoms with Gasteiger partial charge < -0.3 is 4.74 Å². The number of H-pyrrole nitrogens is 1. The number of aromatic amines is 1. The number of rotatable bonds is 6. The molecule has 0 saturated carbocycles. The minimum Gasteiger partial charge on any atom is -0.376 e. The van der Waals surface area contributed by atoms with Crippen molar-refractivity contribution in [3.05, 3.63) is 46.4 Å². The summed E-state index contributed by atoms with van der Waals surface area (Å²) in [5.41, 5.74) is 3.72. The average molecular weight is 375 g/mol. The Morgan fingerprint density at radius 3 is 2.88 bits per heavy atom. The number of amidine groups is 1. The molecule has 1 aromatic heterocycles. The number of hydroxylamine groups is 1. The van der Waals surface area contributed by atoms with Crippen LogP contribution in [0.5, 0.6) is 0 Å². The van der Waals surface area contributed by atoms with Gasteiger partial charge in [-0.2, -0.15) is 0 Å². The average Bonchev–Trinajstić information content (AvgIpc) is 3.32. The number of hydrogen-bond acceptors (Lipinski definition) is 7. The molecular formula is C17H21N5O3S. The summed E-state index contributed by atoms with van der Waals surface area (Å²) in [6.07, 6.45) is 2.03. The molecule has 2 aromatic rings. The van der Waals surface area contributed by atoms with Crippen molar-refractivity contribution in [3.63, 3.8) is 0 Å². The van der Waals surface area contributed by atoms with Crippen LogP contribution in [0.25, 0.3) is 0 Å². The molecule has 9 heteroatoms. The van der Waals surface area contributed by atoms with Crippen LogP contribution in [0.1, 0.15) is 18.4 Å². The number of aromatic nitrogens is 3. The van der Waals surface area contributed by atoms with Gasteiger partial charge in [0.15, 0.2) is 11.0 Å². The molecule has 26 heavy (non-hydrogen) atoms. The van der Waals surface area contributed by atoms with Crippen molar-refractivity contribution in [2.75, 3.05) is 18.9 Å². The highest BCUT2D eigenvalue weighted by molar-refractivity contribution is 7.99. The van der Waals surface area contributed by atoms with E-state index in [2.05, 4.69) is 20.7 Å².